The molecule has 0 aromatic heterocycles. The second-order valence-electron chi connectivity index (χ2n) is 6.31. The molecular weight excluding hydrogens is 336 g/mol. The molecule has 1 saturated heterocycles. The molecule has 0 saturated carbocycles. The summed E-state index contributed by atoms with van der Waals surface area (Å²) in [5.41, 5.74) is 1.89. The second kappa shape index (κ2) is 9.23. The van der Waals surface area contributed by atoms with Gasteiger partial charge in [0.2, 0.25) is 0 Å². The average molecular weight is 360 g/mol. The van der Waals surface area contributed by atoms with Crippen molar-refractivity contribution in [1.82, 2.24) is 0 Å². The van der Waals surface area contributed by atoms with E-state index in [1.807, 2.05) is 60.7 Å². The van der Waals surface area contributed by atoms with Crippen LogP contribution in [0.3, 0.4) is 0 Å². The van der Waals surface area contributed by atoms with E-state index in [-0.39, 0.29) is 13.2 Å². The molecule has 140 valence electrons. The Morgan fingerprint density at radius 2 is 1.35 bits per heavy atom. The van der Waals surface area contributed by atoms with Crippen LogP contribution in [0, 0.1) is 0 Å². The van der Waals surface area contributed by atoms with Gasteiger partial charge in [-0.25, -0.2) is 0 Å². The monoisotopic (exact) mass is 360 g/mol. The Morgan fingerprint density at radius 3 is 1.96 bits per heavy atom. The van der Waals surface area contributed by atoms with E-state index in [4.69, 9.17) is 14.2 Å². The van der Waals surface area contributed by atoms with Gasteiger partial charge in [0.1, 0.15) is 24.4 Å². The van der Waals surface area contributed by atoms with Crippen molar-refractivity contribution in [3.8, 4) is 0 Å². The van der Waals surface area contributed by atoms with Gasteiger partial charge >= 0.3 is 0 Å². The molecule has 0 radical (unpaired) electrons. The third-order valence-corrected chi connectivity index (χ3v) is 4.34. The molecular formula is C20H24O6. The molecule has 6 heteroatoms. The largest absolute Gasteiger partial charge is 0.387 e. The van der Waals surface area contributed by atoms with Gasteiger partial charge in [-0.2, -0.15) is 0 Å². The standard InChI is InChI=1S/C20H24O6/c21-17-16(13-24-11-14-7-3-1-4-8-14)26-20(23)19(18(17)22)25-12-15-9-5-2-6-10-15/h1-10,16-23H,11-13H2/t16?,17-,18?,19?,20+/m0/s1. The molecule has 1 aliphatic heterocycles. The molecule has 3 rings (SSSR count). The lowest BCUT2D eigenvalue weighted by molar-refractivity contribution is -0.300. The minimum Gasteiger partial charge on any atom is -0.387 e. The highest BCUT2D eigenvalue weighted by Gasteiger charge is 2.44. The fourth-order valence-corrected chi connectivity index (χ4v) is 2.87. The van der Waals surface area contributed by atoms with Crippen molar-refractivity contribution in [3.63, 3.8) is 0 Å². The van der Waals surface area contributed by atoms with Gasteiger partial charge in [-0.15, -0.1) is 0 Å². The van der Waals surface area contributed by atoms with Gasteiger partial charge in [0.05, 0.1) is 19.8 Å². The Morgan fingerprint density at radius 1 is 0.769 bits per heavy atom. The third kappa shape index (κ3) is 4.88. The van der Waals surface area contributed by atoms with Gasteiger partial charge in [-0.1, -0.05) is 60.7 Å². The van der Waals surface area contributed by atoms with E-state index in [2.05, 4.69) is 0 Å². The van der Waals surface area contributed by atoms with Crippen LogP contribution in [-0.2, 0) is 27.4 Å². The van der Waals surface area contributed by atoms with Gasteiger partial charge in [-0.05, 0) is 11.1 Å². The van der Waals surface area contributed by atoms with Gasteiger partial charge < -0.3 is 29.5 Å². The predicted molar refractivity (Wildman–Crippen MR) is 94.0 cm³/mol. The van der Waals surface area contributed by atoms with E-state index in [0.717, 1.165) is 11.1 Å². The molecule has 1 fully saturated rings. The number of rotatable bonds is 7. The van der Waals surface area contributed by atoms with E-state index < -0.39 is 30.7 Å². The SMILES string of the molecule is OC1C(OCc2ccccc2)[C@H](O)OC(COCc2ccccc2)[C@@H]1O. The fourth-order valence-electron chi connectivity index (χ4n) is 2.87. The van der Waals surface area contributed by atoms with E-state index >= 15 is 0 Å². The number of aliphatic hydroxyl groups excluding tert-OH is 3. The Bertz CT molecular complexity index is 648. The van der Waals surface area contributed by atoms with E-state index in [9.17, 15) is 15.3 Å². The lowest BCUT2D eigenvalue weighted by Crippen LogP contribution is -2.59. The fraction of sp³-hybridized carbons (Fsp3) is 0.400. The molecule has 6 nitrogen and oxygen atoms in total. The van der Waals surface area contributed by atoms with Crippen LogP contribution in [0.25, 0.3) is 0 Å². The van der Waals surface area contributed by atoms with E-state index in [1.54, 1.807) is 0 Å². The lowest BCUT2D eigenvalue weighted by Gasteiger charge is -2.40. The van der Waals surface area contributed by atoms with Crippen molar-refractivity contribution in [2.45, 2.75) is 43.9 Å². The van der Waals surface area contributed by atoms with E-state index in [0.29, 0.717) is 6.61 Å². The summed E-state index contributed by atoms with van der Waals surface area (Å²) < 4.78 is 16.5. The molecule has 0 amide bonds. The number of ether oxygens (including phenoxy) is 3. The highest BCUT2D eigenvalue weighted by atomic mass is 16.7. The molecule has 0 bridgehead atoms. The maximum Gasteiger partial charge on any atom is 0.184 e. The van der Waals surface area contributed by atoms with Gasteiger partial charge in [0.25, 0.3) is 0 Å². The van der Waals surface area contributed by atoms with Crippen LogP contribution in [0.2, 0.25) is 0 Å². The summed E-state index contributed by atoms with van der Waals surface area (Å²) in [5, 5.41) is 30.7. The molecule has 1 aliphatic rings. The number of hydrogen-bond acceptors (Lipinski definition) is 6. The summed E-state index contributed by atoms with van der Waals surface area (Å²) in [6.07, 6.45) is -5.69. The lowest BCUT2D eigenvalue weighted by atomic mass is 9.99. The minimum absolute atomic E-state index is 0.0512. The molecule has 0 aliphatic carbocycles. The second-order valence-corrected chi connectivity index (χ2v) is 6.31. The maximum atomic E-state index is 10.3. The Balaban J connectivity index is 1.49. The summed E-state index contributed by atoms with van der Waals surface area (Å²) in [6, 6.07) is 19.0. The summed E-state index contributed by atoms with van der Waals surface area (Å²) in [5.74, 6) is 0. The molecule has 2 aromatic rings. The Hall–Kier alpha value is -1.80. The first-order valence-electron chi connectivity index (χ1n) is 8.62. The molecule has 26 heavy (non-hydrogen) atoms. The highest BCUT2D eigenvalue weighted by Crippen LogP contribution is 2.24. The van der Waals surface area contributed by atoms with Crippen molar-refractivity contribution in [1.29, 1.82) is 0 Å². The summed E-state index contributed by atoms with van der Waals surface area (Å²) in [6.45, 7) is 0.605. The number of aliphatic hydroxyl groups is 3. The predicted octanol–water partition coefficient (Wildman–Crippen LogP) is 1.23. The maximum absolute atomic E-state index is 10.3. The Labute approximate surface area is 152 Å². The number of benzene rings is 2. The summed E-state index contributed by atoms with van der Waals surface area (Å²) >= 11 is 0. The van der Waals surface area contributed by atoms with Crippen LogP contribution in [0.5, 0.6) is 0 Å². The van der Waals surface area contributed by atoms with Crippen molar-refractivity contribution < 1.29 is 29.5 Å². The molecule has 0 spiro atoms. The van der Waals surface area contributed by atoms with Crippen LogP contribution >= 0.6 is 0 Å². The van der Waals surface area contributed by atoms with Crippen molar-refractivity contribution in [2.24, 2.45) is 0 Å². The molecule has 2 aromatic carbocycles. The van der Waals surface area contributed by atoms with Crippen molar-refractivity contribution >= 4 is 0 Å². The van der Waals surface area contributed by atoms with Gasteiger partial charge in [0, 0.05) is 0 Å². The first kappa shape index (κ1) is 19.0. The highest BCUT2D eigenvalue weighted by molar-refractivity contribution is 5.14. The smallest absolute Gasteiger partial charge is 0.184 e. The summed E-state index contributed by atoms with van der Waals surface area (Å²) in [7, 11) is 0. The molecule has 1 heterocycles. The van der Waals surface area contributed by atoms with Crippen LogP contribution < -0.4 is 0 Å². The number of hydrogen-bond donors (Lipinski definition) is 3. The normalized spacial score (nSPS) is 28.8. The zero-order chi connectivity index (χ0) is 18.4. The first-order valence-corrected chi connectivity index (χ1v) is 8.62. The van der Waals surface area contributed by atoms with Crippen LogP contribution in [0.4, 0.5) is 0 Å². The molecule has 3 unspecified atom stereocenters. The minimum atomic E-state index is -1.34. The van der Waals surface area contributed by atoms with E-state index in [1.165, 1.54) is 0 Å². The van der Waals surface area contributed by atoms with Crippen LogP contribution in [0.1, 0.15) is 11.1 Å². The van der Waals surface area contributed by atoms with Crippen LogP contribution in [-0.4, -0.2) is 52.6 Å². The quantitative estimate of drug-likeness (QED) is 0.688. The zero-order valence-corrected chi connectivity index (χ0v) is 14.3. The van der Waals surface area contributed by atoms with Crippen molar-refractivity contribution in [3.05, 3.63) is 71.8 Å². The third-order valence-electron chi connectivity index (χ3n) is 4.34. The van der Waals surface area contributed by atoms with Gasteiger partial charge in [0.15, 0.2) is 6.29 Å². The average Bonchev–Trinajstić information content (AvgIpc) is 2.67. The van der Waals surface area contributed by atoms with Crippen molar-refractivity contribution in [2.75, 3.05) is 6.61 Å². The molecule has 3 N–H and O–H groups in total. The Kier molecular flexibility index (Phi) is 6.73. The van der Waals surface area contributed by atoms with Crippen LogP contribution in [0.15, 0.2) is 60.7 Å². The molecule has 5 atom stereocenters. The summed E-state index contributed by atoms with van der Waals surface area (Å²) in [4.78, 5) is 0. The van der Waals surface area contributed by atoms with Gasteiger partial charge in [-0.3, -0.25) is 0 Å². The zero-order valence-electron chi connectivity index (χ0n) is 14.3. The first-order chi connectivity index (χ1) is 12.6. The topological polar surface area (TPSA) is 88.4 Å².